The van der Waals surface area contributed by atoms with Crippen molar-refractivity contribution in [2.24, 2.45) is 4.99 Å². The van der Waals surface area contributed by atoms with Gasteiger partial charge in [-0.15, -0.1) is 0 Å². The highest BCUT2D eigenvalue weighted by atomic mass is 16.1. The Balaban J connectivity index is 2.04. The van der Waals surface area contributed by atoms with E-state index in [1.807, 2.05) is 4.57 Å². The van der Waals surface area contributed by atoms with Crippen LogP contribution in [-0.2, 0) is 6.54 Å². The van der Waals surface area contributed by atoms with Crippen molar-refractivity contribution >= 4 is 17.9 Å². The van der Waals surface area contributed by atoms with Gasteiger partial charge in [-0.05, 0) is 6.42 Å². The van der Waals surface area contributed by atoms with Gasteiger partial charge in [-0.25, -0.2) is 4.98 Å². The molecule has 5 heteroatoms. The molecule has 0 saturated heterocycles. The van der Waals surface area contributed by atoms with E-state index < -0.39 is 0 Å². The number of fused-ring (bicyclic) bond motifs is 1. The number of aryl methyl sites for hydroxylation is 1. The van der Waals surface area contributed by atoms with Gasteiger partial charge in [-0.1, -0.05) is 26.2 Å². The molecular formula is C12H18N4O. The zero-order valence-corrected chi connectivity index (χ0v) is 10.1. The second-order valence-electron chi connectivity index (χ2n) is 4.23. The number of nitrogens with zero attached hydrogens (tertiary/aromatic N) is 3. The lowest BCUT2D eigenvalue weighted by Crippen LogP contribution is -2.11. The Morgan fingerprint density at radius 2 is 2.29 bits per heavy atom. The summed E-state index contributed by atoms with van der Waals surface area (Å²) in [6.45, 7) is 3.25. The summed E-state index contributed by atoms with van der Waals surface area (Å²) in [4.78, 5) is 20.0. The molecule has 2 rings (SSSR count). The van der Waals surface area contributed by atoms with Gasteiger partial charge in [0, 0.05) is 6.54 Å². The molecular weight excluding hydrogens is 216 g/mol. The second kappa shape index (κ2) is 5.61. The molecule has 0 aromatic carbocycles. The molecule has 0 aliphatic carbocycles. The van der Waals surface area contributed by atoms with Gasteiger partial charge in [0.1, 0.15) is 12.2 Å². The van der Waals surface area contributed by atoms with Crippen molar-refractivity contribution in [2.45, 2.75) is 39.2 Å². The maximum absolute atomic E-state index is 11.9. The normalized spacial score (nSPS) is 14.3. The quantitative estimate of drug-likeness (QED) is 0.794. The van der Waals surface area contributed by atoms with Crippen LogP contribution < -0.4 is 5.32 Å². The molecule has 92 valence electrons. The van der Waals surface area contributed by atoms with Crippen molar-refractivity contribution in [1.82, 2.24) is 9.55 Å². The van der Waals surface area contributed by atoms with Crippen LogP contribution in [-0.4, -0.2) is 28.2 Å². The number of carbonyl (C=O) groups is 1. The van der Waals surface area contributed by atoms with Crippen LogP contribution in [0.3, 0.4) is 0 Å². The van der Waals surface area contributed by atoms with E-state index in [4.69, 9.17) is 0 Å². The topological polar surface area (TPSA) is 59.3 Å². The lowest BCUT2D eigenvalue weighted by atomic mass is 10.2. The third-order valence-corrected chi connectivity index (χ3v) is 2.88. The summed E-state index contributed by atoms with van der Waals surface area (Å²) < 4.78 is 1.94. The molecule has 17 heavy (non-hydrogen) atoms. The summed E-state index contributed by atoms with van der Waals surface area (Å²) in [5.74, 6) is 0.668. The first kappa shape index (κ1) is 11.8. The summed E-state index contributed by atoms with van der Waals surface area (Å²) in [6.07, 6.45) is 8.02. The molecule has 0 spiro atoms. The molecule has 0 saturated carbocycles. The summed E-state index contributed by atoms with van der Waals surface area (Å²) in [7, 11) is 0. The van der Waals surface area contributed by atoms with Crippen LogP contribution in [0.25, 0.3) is 0 Å². The number of carbonyl (C=O) groups excluding carboxylic acids is 1. The van der Waals surface area contributed by atoms with E-state index in [0.717, 1.165) is 13.0 Å². The smallest absolute Gasteiger partial charge is 0.204 e. The molecule has 1 aromatic rings. The molecule has 1 aliphatic rings. The molecule has 0 atom stereocenters. The second-order valence-corrected chi connectivity index (χ2v) is 4.23. The Morgan fingerprint density at radius 1 is 1.41 bits per heavy atom. The van der Waals surface area contributed by atoms with Gasteiger partial charge in [0.2, 0.25) is 5.78 Å². The van der Waals surface area contributed by atoms with Crippen LogP contribution in [0.1, 0.15) is 43.1 Å². The van der Waals surface area contributed by atoms with E-state index in [-0.39, 0.29) is 12.3 Å². The lowest BCUT2D eigenvalue weighted by molar-refractivity contribution is 0.0994. The van der Waals surface area contributed by atoms with Gasteiger partial charge in [-0.3, -0.25) is 9.79 Å². The fourth-order valence-corrected chi connectivity index (χ4v) is 1.97. The summed E-state index contributed by atoms with van der Waals surface area (Å²) >= 11 is 0. The number of aromatic nitrogens is 2. The van der Waals surface area contributed by atoms with Gasteiger partial charge in [-0.2, -0.15) is 0 Å². The Labute approximate surface area is 101 Å². The van der Waals surface area contributed by atoms with Crippen LogP contribution >= 0.6 is 0 Å². The fraction of sp³-hybridized carbons (Fsp3) is 0.583. The van der Waals surface area contributed by atoms with Crippen molar-refractivity contribution in [3.8, 4) is 0 Å². The molecule has 1 aliphatic heterocycles. The molecule has 0 unspecified atom stereocenters. The van der Waals surface area contributed by atoms with Crippen molar-refractivity contribution in [3.63, 3.8) is 0 Å². The summed E-state index contributed by atoms with van der Waals surface area (Å²) in [5.41, 5.74) is 0.666. The first-order valence-corrected chi connectivity index (χ1v) is 6.16. The van der Waals surface area contributed by atoms with E-state index in [2.05, 4.69) is 22.2 Å². The lowest BCUT2D eigenvalue weighted by Gasteiger charge is -2.06. The van der Waals surface area contributed by atoms with E-state index in [0.29, 0.717) is 11.5 Å². The Bertz CT molecular complexity index is 422. The molecule has 1 aromatic heterocycles. The van der Waals surface area contributed by atoms with Gasteiger partial charge >= 0.3 is 0 Å². The third-order valence-electron chi connectivity index (χ3n) is 2.88. The molecule has 5 nitrogen and oxygen atoms in total. The molecule has 0 bridgehead atoms. The summed E-state index contributed by atoms with van der Waals surface area (Å²) in [6, 6.07) is 0. The number of nitrogens with one attached hydrogen (secondary N) is 1. The van der Waals surface area contributed by atoms with Crippen molar-refractivity contribution < 1.29 is 4.79 Å². The zero-order chi connectivity index (χ0) is 12.1. The first-order valence-electron chi connectivity index (χ1n) is 6.16. The number of Topliss-reactive ketones (excluding diaryl/α,β-unsaturated/α-hetero) is 1. The molecule has 0 fully saturated rings. The monoisotopic (exact) mass is 234 g/mol. The third kappa shape index (κ3) is 2.72. The largest absolute Gasteiger partial charge is 0.330 e. The maximum atomic E-state index is 11.9. The molecule has 0 amide bonds. The van der Waals surface area contributed by atoms with Crippen molar-refractivity contribution in [2.75, 3.05) is 11.9 Å². The number of hydrogen-bond donors (Lipinski definition) is 1. The number of imidazole rings is 1. The van der Waals surface area contributed by atoms with Crippen LogP contribution in [0.5, 0.6) is 0 Å². The standard InChI is InChI=1S/C12H18N4O/c1-2-3-4-5-6-16-9-15-12-11(16)10(17)7-13-8-14-12/h8-9H,2-7H2,1H3,(H,13,14). The number of aliphatic imine (C=N–C) groups is 1. The van der Waals surface area contributed by atoms with Crippen LogP contribution in [0, 0.1) is 0 Å². The van der Waals surface area contributed by atoms with Gasteiger partial charge < -0.3 is 9.88 Å². The summed E-state index contributed by atoms with van der Waals surface area (Å²) in [5, 5.41) is 2.93. The minimum absolute atomic E-state index is 0.0363. The Kier molecular flexibility index (Phi) is 3.90. The van der Waals surface area contributed by atoms with Crippen LogP contribution in [0.4, 0.5) is 5.82 Å². The van der Waals surface area contributed by atoms with Crippen molar-refractivity contribution in [1.29, 1.82) is 0 Å². The molecule has 0 radical (unpaired) electrons. The number of hydrogen-bond acceptors (Lipinski definition) is 4. The van der Waals surface area contributed by atoms with E-state index in [9.17, 15) is 4.79 Å². The highest BCUT2D eigenvalue weighted by Crippen LogP contribution is 2.17. The van der Waals surface area contributed by atoms with Gasteiger partial charge in [0.05, 0.1) is 12.7 Å². The van der Waals surface area contributed by atoms with Gasteiger partial charge in [0.25, 0.3) is 0 Å². The van der Waals surface area contributed by atoms with E-state index >= 15 is 0 Å². The first-order chi connectivity index (χ1) is 8.33. The van der Waals surface area contributed by atoms with Crippen molar-refractivity contribution in [3.05, 3.63) is 12.0 Å². The zero-order valence-electron chi connectivity index (χ0n) is 10.1. The predicted molar refractivity (Wildman–Crippen MR) is 67.7 cm³/mol. The Hall–Kier alpha value is -1.65. The minimum atomic E-state index is 0.0363. The number of ketones is 1. The van der Waals surface area contributed by atoms with Gasteiger partial charge in [0.15, 0.2) is 5.82 Å². The maximum Gasteiger partial charge on any atom is 0.204 e. The average Bonchev–Trinajstić information content (AvgIpc) is 2.64. The van der Waals surface area contributed by atoms with Crippen LogP contribution in [0.2, 0.25) is 0 Å². The fourth-order valence-electron chi connectivity index (χ4n) is 1.97. The van der Waals surface area contributed by atoms with Crippen LogP contribution in [0.15, 0.2) is 11.3 Å². The van der Waals surface area contributed by atoms with E-state index in [1.165, 1.54) is 25.6 Å². The number of anilines is 1. The SMILES string of the molecule is CCCCCCn1cnc2c1C(=O)CN=CN2. The van der Waals surface area contributed by atoms with E-state index in [1.54, 1.807) is 6.33 Å². The average molecular weight is 234 g/mol. The predicted octanol–water partition coefficient (Wildman–Crippen LogP) is 2.10. The highest BCUT2D eigenvalue weighted by Gasteiger charge is 2.19. The number of unbranched alkanes of at least 4 members (excludes halogenated alkanes) is 3. The highest BCUT2D eigenvalue weighted by molar-refractivity contribution is 6.04. The minimum Gasteiger partial charge on any atom is -0.330 e. The molecule has 2 heterocycles. The molecule has 1 N–H and O–H groups in total. The number of rotatable bonds is 5. The Morgan fingerprint density at radius 3 is 3.12 bits per heavy atom.